The Kier molecular flexibility index (Phi) is 10.5. The third-order valence-electron chi connectivity index (χ3n) is 3.80. The van der Waals surface area contributed by atoms with Gasteiger partial charge < -0.3 is 25.4 Å². The number of carbonyl (C=O) groups is 4. The lowest BCUT2D eigenvalue weighted by Gasteiger charge is -2.21. The average molecular weight is 451 g/mol. The van der Waals surface area contributed by atoms with Gasteiger partial charge in [0.25, 0.3) is 0 Å². The lowest BCUT2D eigenvalue weighted by Crippen LogP contribution is -2.42. The Morgan fingerprint density at radius 1 is 1.00 bits per heavy atom. The molecule has 4 N–H and O–H groups in total. The van der Waals surface area contributed by atoms with E-state index in [-0.39, 0.29) is 31.5 Å². The number of nitrogens with one attached hydrogen (secondary N) is 4. The van der Waals surface area contributed by atoms with Crippen LogP contribution in [0.2, 0.25) is 0 Å². The smallest absolute Gasteiger partial charge is 0.412 e. The molecule has 0 aliphatic carbocycles. The number of carbonyl (C=O) groups excluding carboxylic acids is 4. The highest BCUT2D eigenvalue weighted by Gasteiger charge is 2.20. The Labute approximate surface area is 188 Å². The third-order valence-corrected chi connectivity index (χ3v) is 3.80. The van der Waals surface area contributed by atoms with E-state index < -0.39 is 29.7 Å². The number of anilines is 1. The first-order valence-corrected chi connectivity index (χ1v) is 10.5. The van der Waals surface area contributed by atoms with Crippen LogP contribution in [0.25, 0.3) is 0 Å². The van der Waals surface area contributed by atoms with Gasteiger partial charge in [0.15, 0.2) is 0 Å². The van der Waals surface area contributed by atoms with Crippen molar-refractivity contribution in [2.75, 3.05) is 18.5 Å². The fraction of sp³-hybridized carbons (Fsp3) is 0.545. The topological polar surface area (TPSA) is 135 Å². The van der Waals surface area contributed by atoms with Gasteiger partial charge in [0, 0.05) is 11.7 Å². The van der Waals surface area contributed by atoms with Gasteiger partial charge in [0.05, 0.1) is 19.1 Å². The van der Waals surface area contributed by atoms with Crippen LogP contribution in [-0.4, -0.2) is 48.8 Å². The number of esters is 1. The quantitative estimate of drug-likeness (QED) is 0.427. The second-order valence-corrected chi connectivity index (χ2v) is 8.36. The zero-order valence-corrected chi connectivity index (χ0v) is 19.5. The number of urea groups is 1. The molecular formula is C22H34N4O6. The maximum absolute atomic E-state index is 12.3. The van der Waals surface area contributed by atoms with Crippen molar-refractivity contribution in [2.45, 2.75) is 65.6 Å². The largest absolute Gasteiger partial charge is 0.465 e. The summed E-state index contributed by atoms with van der Waals surface area (Å²) in [5.41, 5.74) is 0.518. The summed E-state index contributed by atoms with van der Waals surface area (Å²) < 4.78 is 9.99. The number of rotatable bonds is 9. The second kappa shape index (κ2) is 12.5. The molecule has 1 aromatic carbocycles. The molecule has 0 saturated carbocycles. The van der Waals surface area contributed by atoms with Crippen molar-refractivity contribution in [3.8, 4) is 0 Å². The first kappa shape index (κ1) is 26.7. The zero-order chi connectivity index (χ0) is 24.3. The number of hydrogen-bond acceptors (Lipinski definition) is 6. The van der Waals surface area contributed by atoms with E-state index >= 15 is 0 Å². The van der Waals surface area contributed by atoms with Crippen LogP contribution >= 0.6 is 0 Å². The van der Waals surface area contributed by atoms with E-state index in [0.29, 0.717) is 11.3 Å². The van der Waals surface area contributed by atoms with Crippen LogP contribution in [-0.2, 0) is 19.1 Å². The standard InChI is InChI=1S/C22H34N4O6/c1-7-31-19(28)13-23-20(29)26-17(12-18(27)24-14(2)3)15-8-10-16(11-9-15)25-21(30)32-22(4,5)6/h8-11,14,17H,7,12-13H2,1-6H3,(H,24,27)(H,25,30)(H2,23,26,29). The zero-order valence-electron chi connectivity index (χ0n) is 19.5. The Morgan fingerprint density at radius 3 is 2.16 bits per heavy atom. The van der Waals surface area contributed by atoms with E-state index in [1.165, 1.54) is 0 Å². The summed E-state index contributed by atoms with van der Waals surface area (Å²) in [5.74, 6) is -0.805. The number of benzene rings is 1. The van der Waals surface area contributed by atoms with Crippen LogP contribution in [0.3, 0.4) is 0 Å². The highest BCUT2D eigenvalue weighted by Crippen LogP contribution is 2.20. The Hall–Kier alpha value is -3.30. The first-order chi connectivity index (χ1) is 14.9. The van der Waals surface area contributed by atoms with Crippen LogP contribution in [0.5, 0.6) is 0 Å². The van der Waals surface area contributed by atoms with Gasteiger partial charge in [-0.3, -0.25) is 14.9 Å². The summed E-state index contributed by atoms with van der Waals surface area (Å²) in [6, 6.07) is 5.33. The highest BCUT2D eigenvalue weighted by molar-refractivity contribution is 5.85. The molecule has 32 heavy (non-hydrogen) atoms. The monoisotopic (exact) mass is 450 g/mol. The van der Waals surface area contributed by atoms with Crippen molar-refractivity contribution in [2.24, 2.45) is 0 Å². The molecule has 1 rings (SSSR count). The van der Waals surface area contributed by atoms with E-state index in [0.717, 1.165) is 0 Å². The molecule has 0 aliphatic rings. The highest BCUT2D eigenvalue weighted by atomic mass is 16.6. The lowest BCUT2D eigenvalue weighted by molar-refractivity contribution is -0.141. The van der Waals surface area contributed by atoms with Crippen molar-refractivity contribution in [1.82, 2.24) is 16.0 Å². The third kappa shape index (κ3) is 11.2. The van der Waals surface area contributed by atoms with E-state index in [1.54, 1.807) is 52.0 Å². The van der Waals surface area contributed by atoms with Gasteiger partial charge in [-0.05, 0) is 59.2 Å². The minimum absolute atomic E-state index is 0.0101. The molecule has 178 valence electrons. The summed E-state index contributed by atoms with van der Waals surface area (Å²) in [4.78, 5) is 47.9. The average Bonchev–Trinajstić information content (AvgIpc) is 2.64. The molecule has 0 saturated heterocycles. The molecule has 1 unspecified atom stereocenters. The van der Waals surface area contributed by atoms with Crippen molar-refractivity contribution < 1.29 is 28.7 Å². The summed E-state index contributed by atoms with van der Waals surface area (Å²) in [6.45, 7) is 10.6. The summed E-state index contributed by atoms with van der Waals surface area (Å²) in [6.07, 6.45) is -0.598. The van der Waals surface area contributed by atoms with Gasteiger partial charge in [-0.1, -0.05) is 12.1 Å². The molecular weight excluding hydrogens is 416 g/mol. The number of hydrogen-bond donors (Lipinski definition) is 4. The van der Waals surface area contributed by atoms with Gasteiger partial charge in [-0.25, -0.2) is 9.59 Å². The molecule has 0 fully saturated rings. The molecule has 0 aliphatic heterocycles. The Balaban J connectivity index is 2.86. The minimum Gasteiger partial charge on any atom is -0.465 e. The molecule has 4 amide bonds. The first-order valence-electron chi connectivity index (χ1n) is 10.5. The summed E-state index contributed by atoms with van der Waals surface area (Å²) in [7, 11) is 0. The molecule has 0 bridgehead atoms. The van der Waals surface area contributed by atoms with E-state index in [2.05, 4.69) is 21.3 Å². The van der Waals surface area contributed by atoms with Gasteiger partial charge >= 0.3 is 18.1 Å². The number of ether oxygens (including phenoxy) is 2. The van der Waals surface area contributed by atoms with Gasteiger partial charge in [-0.2, -0.15) is 0 Å². The van der Waals surface area contributed by atoms with Crippen molar-refractivity contribution >= 4 is 29.7 Å². The van der Waals surface area contributed by atoms with Crippen LogP contribution < -0.4 is 21.3 Å². The molecule has 10 nitrogen and oxygen atoms in total. The van der Waals surface area contributed by atoms with Crippen LogP contribution in [0.15, 0.2) is 24.3 Å². The maximum Gasteiger partial charge on any atom is 0.412 e. The predicted octanol–water partition coefficient (Wildman–Crippen LogP) is 2.85. The van der Waals surface area contributed by atoms with Crippen LogP contribution in [0.1, 0.15) is 59.6 Å². The molecule has 0 heterocycles. The Morgan fingerprint density at radius 2 is 1.62 bits per heavy atom. The van der Waals surface area contributed by atoms with E-state index in [1.807, 2.05) is 13.8 Å². The Bertz CT molecular complexity index is 787. The van der Waals surface area contributed by atoms with Crippen molar-refractivity contribution in [1.29, 1.82) is 0 Å². The SMILES string of the molecule is CCOC(=O)CNC(=O)NC(CC(=O)NC(C)C)c1ccc(NC(=O)OC(C)(C)C)cc1. The molecule has 10 heteroatoms. The van der Waals surface area contributed by atoms with Crippen molar-refractivity contribution in [3.05, 3.63) is 29.8 Å². The normalized spacial score (nSPS) is 11.8. The maximum atomic E-state index is 12.3. The molecule has 0 spiro atoms. The van der Waals surface area contributed by atoms with Gasteiger partial charge in [0.2, 0.25) is 5.91 Å². The van der Waals surface area contributed by atoms with E-state index in [9.17, 15) is 19.2 Å². The lowest BCUT2D eigenvalue weighted by atomic mass is 10.0. The second-order valence-electron chi connectivity index (χ2n) is 8.36. The van der Waals surface area contributed by atoms with Crippen molar-refractivity contribution in [3.63, 3.8) is 0 Å². The van der Waals surface area contributed by atoms with Crippen LogP contribution in [0, 0.1) is 0 Å². The minimum atomic E-state index is -0.661. The fourth-order valence-corrected chi connectivity index (χ4v) is 2.61. The van der Waals surface area contributed by atoms with E-state index in [4.69, 9.17) is 9.47 Å². The van der Waals surface area contributed by atoms with Gasteiger partial charge in [0.1, 0.15) is 12.1 Å². The molecule has 1 aromatic rings. The summed E-state index contributed by atoms with van der Waals surface area (Å²) in [5, 5.41) is 10.5. The van der Waals surface area contributed by atoms with Gasteiger partial charge in [-0.15, -0.1) is 0 Å². The fourth-order valence-electron chi connectivity index (χ4n) is 2.61. The molecule has 0 aromatic heterocycles. The summed E-state index contributed by atoms with van der Waals surface area (Å²) >= 11 is 0. The predicted molar refractivity (Wildman–Crippen MR) is 120 cm³/mol. The van der Waals surface area contributed by atoms with Crippen LogP contribution in [0.4, 0.5) is 15.3 Å². The molecule has 1 atom stereocenters. The molecule has 0 radical (unpaired) electrons. The number of amides is 4.